The number of carbonyl (C=O) groups excluding carboxylic acids is 3. The fraction of sp³-hybridized carbons (Fsp3) is 0.100. The topological polar surface area (TPSA) is 88.1 Å². The van der Waals surface area contributed by atoms with Crippen LogP contribution in [0.5, 0.6) is 23.0 Å². The Morgan fingerprint density at radius 3 is 2.02 bits per heavy atom. The van der Waals surface area contributed by atoms with Crippen molar-refractivity contribution in [3.8, 4) is 23.0 Å². The monoisotopic (exact) mass is 620 g/mol. The van der Waals surface area contributed by atoms with Crippen molar-refractivity contribution in [3.05, 3.63) is 119 Å². The molecule has 0 fully saturated rings. The minimum atomic E-state index is -1.30. The molecule has 11 heteroatoms. The van der Waals surface area contributed by atoms with E-state index >= 15 is 0 Å². The lowest BCUT2D eigenvalue weighted by Crippen LogP contribution is -2.33. The van der Waals surface area contributed by atoms with Crippen molar-refractivity contribution in [1.29, 1.82) is 0 Å². The van der Waals surface area contributed by atoms with Gasteiger partial charge in [0.15, 0.2) is 5.60 Å². The SMILES string of the molecule is CSSC(=O)Oc1ccc2c(c1)Oc1cc(OC(=O)SSCc3ccccc3)ccc1C21OC(=O)c2ccccc21. The molecule has 4 aromatic carbocycles. The number of benzene rings is 4. The molecule has 0 aliphatic carbocycles. The minimum absolute atomic E-state index is 0.275. The van der Waals surface area contributed by atoms with Gasteiger partial charge in [-0.3, -0.25) is 0 Å². The maximum atomic E-state index is 13.0. The first-order valence-electron chi connectivity index (χ1n) is 12.3. The summed E-state index contributed by atoms with van der Waals surface area (Å²) >= 11 is 0. The largest absolute Gasteiger partial charge is 0.456 e. The molecule has 0 saturated heterocycles. The van der Waals surface area contributed by atoms with E-state index in [4.69, 9.17) is 18.9 Å². The minimum Gasteiger partial charge on any atom is -0.456 e. The van der Waals surface area contributed by atoms with Crippen molar-refractivity contribution in [3.63, 3.8) is 0 Å². The van der Waals surface area contributed by atoms with Gasteiger partial charge in [0.1, 0.15) is 23.0 Å². The van der Waals surface area contributed by atoms with Crippen molar-refractivity contribution < 1.29 is 33.3 Å². The van der Waals surface area contributed by atoms with Crippen LogP contribution in [0.1, 0.15) is 32.6 Å². The molecule has 1 atom stereocenters. The Kier molecular flexibility index (Phi) is 7.94. The summed E-state index contributed by atoms with van der Waals surface area (Å²) in [5, 5.41) is -0.951. The van der Waals surface area contributed by atoms with Gasteiger partial charge in [0.05, 0.1) is 5.56 Å². The highest BCUT2D eigenvalue weighted by Gasteiger charge is 2.53. The average molecular weight is 621 g/mol. The lowest BCUT2D eigenvalue weighted by molar-refractivity contribution is 0.0224. The molecule has 41 heavy (non-hydrogen) atoms. The predicted molar refractivity (Wildman–Crippen MR) is 163 cm³/mol. The zero-order valence-corrected chi connectivity index (χ0v) is 24.6. The van der Waals surface area contributed by atoms with Gasteiger partial charge in [-0.05, 0) is 42.2 Å². The number of ether oxygens (including phenoxy) is 4. The summed E-state index contributed by atoms with van der Waals surface area (Å²) in [6.45, 7) is 0. The first-order valence-corrected chi connectivity index (χ1v) is 17.1. The summed E-state index contributed by atoms with van der Waals surface area (Å²) in [4.78, 5) is 37.7. The van der Waals surface area contributed by atoms with Gasteiger partial charge >= 0.3 is 16.6 Å². The third-order valence-electron chi connectivity index (χ3n) is 6.41. The fourth-order valence-corrected chi connectivity index (χ4v) is 7.14. The standard InChI is InChI=1S/C30H20O7S4/c1-38-40-28(32)34-19-11-13-23-25(15-19)36-26-16-20(35-29(33)41-39-17-18-7-3-2-4-8-18)12-14-24(26)30(23)22-10-6-5-9-21(22)27(31)37-30/h2-16H,17H2,1H3. The number of carbonyl (C=O) groups is 3. The molecule has 206 valence electrons. The first kappa shape index (κ1) is 27.6. The van der Waals surface area contributed by atoms with Crippen molar-refractivity contribution in [2.45, 2.75) is 11.4 Å². The van der Waals surface area contributed by atoms with Crippen LogP contribution < -0.4 is 14.2 Å². The van der Waals surface area contributed by atoms with Gasteiger partial charge in [0, 0.05) is 56.2 Å². The van der Waals surface area contributed by atoms with E-state index in [1.165, 1.54) is 21.6 Å². The molecule has 0 radical (unpaired) electrons. The molecule has 2 heterocycles. The van der Waals surface area contributed by atoms with Gasteiger partial charge in [0.25, 0.3) is 0 Å². The Morgan fingerprint density at radius 1 is 0.756 bits per heavy atom. The maximum absolute atomic E-state index is 13.0. The van der Waals surface area contributed by atoms with Gasteiger partial charge in [0.2, 0.25) is 0 Å². The summed E-state index contributed by atoms with van der Waals surface area (Å²) in [7, 11) is 4.63. The second kappa shape index (κ2) is 11.8. The summed E-state index contributed by atoms with van der Waals surface area (Å²) in [6.07, 6.45) is 1.78. The second-order valence-corrected chi connectivity index (χ2v) is 13.4. The van der Waals surface area contributed by atoms with Crippen molar-refractivity contribution in [1.82, 2.24) is 0 Å². The summed E-state index contributed by atoms with van der Waals surface area (Å²) in [6, 6.07) is 27.0. The third-order valence-corrected chi connectivity index (χ3v) is 9.60. The van der Waals surface area contributed by atoms with Crippen LogP contribution in [0.3, 0.4) is 0 Å². The first-order chi connectivity index (χ1) is 20.0. The van der Waals surface area contributed by atoms with Crippen LogP contribution in [0.4, 0.5) is 9.59 Å². The van der Waals surface area contributed by atoms with E-state index in [0.717, 1.165) is 27.2 Å². The molecule has 0 saturated carbocycles. The third kappa shape index (κ3) is 5.42. The molecule has 7 nitrogen and oxygen atoms in total. The number of hydrogen-bond donors (Lipinski definition) is 0. The van der Waals surface area contributed by atoms with Crippen molar-refractivity contribution in [2.75, 3.05) is 6.26 Å². The van der Waals surface area contributed by atoms with E-state index in [9.17, 15) is 14.4 Å². The molecule has 1 unspecified atom stereocenters. The average Bonchev–Trinajstić information content (AvgIpc) is 3.26. The van der Waals surface area contributed by atoms with Crippen LogP contribution in [-0.2, 0) is 16.1 Å². The van der Waals surface area contributed by atoms with Gasteiger partial charge in [-0.2, -0.15) is 0 Å². The Labute approximate surface area is 251 Å². The number of esters is 1. The van der Waals surface area contributed by atoms with Crippen LogP contribution in [0.2, 0.25) is 0 Å². The molecular weight excluding hydrogens is 601 g/mol. The van der Waals surface area contributed by atoms with Gasteiger partial charge in [-0.25, -0.2) is 14.4 Å². The summed E-state index contributed by atoms with van der Waals surface area (Å²) < 4.78 is 23.4. The highest BCUT2D eigenvalue weighted by molar-refractivity contribution is 8.82. The van der Waals surface area contributed by atoms with E-state index in [1.54, 1.807) is 54.8 Å². The van der Waals surface area contributed by atoms with Gasteiger partial charge < -0.3 is 18.9 Å². The molecule has 1 spiro atoms. The highest BCUT2D eigenvalue weighted by Crippen LogP contribution is 2.57. The van der Waals surface area contributed by atoms with Crippen molar-refractivity contribution >= 4 is 59.7 Å². The Bertz CT molecular complexity index is 1660. The molecule has 0 N–H and O–H groups in total. The van der Waals surface area contributed by atoms with Crippen LogP contribution in [0.25, 0.3) is 0 Å². The fourth-order valence-electron chi connectivity index (χ4n) is 4.78. The predicted octanol–water partition coefficient (Wildman–Crippen LogP) is 8.85. The number of rotatable bonds is 6. The summed E-state index contributed by atoms with van der Waals surface area (Å²) in [5.41, 5.74) is 2.08. The zero-order valence-electron chi connectivity index (χ0n) is 21.4. The van der Waals surface area contributed by atoms with Crippen LogP contribution in [0, 0.1) is 0 Å². The zero-order chi connectivity index (χ0) is 28.4. The molecule has 6 rings (SSSR count). The molecule has 2 aliphatic rings. The van der Waals surface area contributed by atoms with Crippen LogP contribution >= 0.6 is 43.2 Å². The maximum Gasteiger partial charge on any atom is 0.383 e. The van der Waals surface area contributed by atoms with E-state index in [0.29, 0.717) is 39.5 Å². The molecule has 0 amide bonds. The molecule has 0 aromatic heterocycles. The van der Waals surface area contributed by atoms with E-state index in [2.05, 4.69) is 0 Å². The lowest BCUT2D eigenvalue weighted by atomic mass is 9.77. The number of fused-ring (bicyclic) bond motifs is 6. The normalized spacial score (nSPS) is 16.2. The second-order valence-electron chi connectivity index (χ2n) is 8.82. The smallest absolute Gasteiger partial charge is 0.383 e. The van der Waals surface area contributed by atoms with Crippen LogP contribution in [-0.4, -0.2) is 22.8 Å². The van der Waals surface area contributed by atoms with E-state index < -0.39 is 22.2 Å². The Hall–Kier alpha value is -3.51. The van der Waals surface area contributed by atoms with E-state index in [-0.39, 0.29) is 11.5 Å². The van der Waals surface area contributed by atoms with Gasteiger partial charge in [-0.1, -0.05) is 70.1 Å². The molecule has 0 bridgehead atoms. The summed E-state index contributed by atoms with van der Waals surface area (Å²) in [5.74, 6) is 1.43. The Morgan fingerprint density at radius 2 is 1.37 bits per heavy atom. The highest BCUT2D eigenvalue weighted by atomic mass is 33.1. The van der Waals surface area contributed by atoms with Gasteiger partial charge in [-0.15, -0.1) is 0 Å². The Balaban J connectivity index is 1.32. The molecular formula is C30H20O7S4. The number of hydrogen-bond acceptors (Lipinski definition) is 11. The van der Waals surface area contributed by atoms with E-state index in [1.807, 2.05) is 42.5 Å². The lowest BCUT2D eigenvalue weighted by Gasteiger charge is -2.36. The molecule has 2 aliphatic heterocycles. The quantitative estimate of drug-likeness (QED) is 0.153. The molecule has 4 aromatic rings. The van der Waals surface area contributed by atoms with Crippen molar-refractivity contribution in [2.24, 2.45) is 0 Å². The van der Waals surface area contributed by atoms with Crippen LogP contribution in [0.15, 0.2) is 91.0 Å².